The van der Waals surface area contributed by atoms with Gasteiger partial charge in [0.25, 0.3) is 0 Å². The number of rotatable bonds is 7. The molecular weight excluding hydrogens is 232 g/mol. The molecule has 0 aromatic heterocycles. The lowest BCUT2D eigenvalue weighted by atomic mass is 10.0. The zero-order chi connectivity index (χ0) is 13.5. The minimum absolute atomic E-state index is 0.125. The van der Waals surface area contributed by atoms with Crippen LogP contribution in [-0.2, 0) is 4.74 Å². The first kappa shape index (κ1) is 14.8. The van der Waals surface area contributed by atoms with E-state index in [4.69, 9.17) is 14.2 Å². The lowest BCUT2D eigenvalue weighted by Gasteiger charge is -2.19. The fraction of sp³-hybridized carbons (Fsp3) is 0.571. The average molecular weight is 254 g/mol. The summed E-state index contributed by atoms with van der Waals surface area (Å²) in [6.07, 6.45) is 0.888. The first-order valence-corrected chi connectivity index (χ1v) is 6.05. The van der Waals surface area contributed by atoms with Crippen molar-refractivity contribution in [1.82, 2.24) is 0 Å². The summed E-state index contributed by atoms with van der Waals surface area (Å²) >= 11 is 0. The Morgan fingerprint density at radius 2 is 1.61 bits per heavy atom. The Balaban J connectivity index is 2.85. The van der Waals surface area contributed by atoms with Crippen LogP contribution in [0.1, 0.15) is 31.4 Å². The van der Waals surface area contributed by atoms with Crippen molar-refractivity contribution in [2.24, 2.45) is 0 Å². The fourth-order valence-corrected chi connectivity index (χ4v) is 1.86. The third kappa shape index (κ3) is 3.62. The van der Waals surface area contributed by atoms with E-state index < -0.39 is 6.10 Å². The summed E-state index contributed by atoms with van der Waals surface area (Å²) in [5, 5.41) is 10.3. The molecule has 0 radical (unpaired) electrons. The van der Waals surface area contributed by atoms with Crippen molar-refractivity contribution in [2.75, 3.05) is 21.3 Å². The maximum atomic E-state index is 10.3. The Bertz CT molecular complexity index is 343. The third-order valence-corrected chi connectivity index (χ3v) is 3.05. The van der Waals surface area contributed by atoms with Gasteiger partial charge in [-0.2, -0.15) is 0 Å². The predicted octanol–water partition coefficient (Wildman–Crippen LogP) is 2.55. The van der Waals surface area contributed by atoms with Crippen LogP contribution in [0.4, 0.5) is 0 Å². The maximum Gasteiger partial charge on any atom is 0.128 e. The molecule has 1 rings (SSSR count). The van der Waals surface area contributed by atoms with Gasteiger partial charge in [-0.3, -0.25) is 0 Å². The molecule has 2 unspecified atom stereocenters. The van der Waals surface area contributed by atoms with E-state index in [1.54, 1.807) is 21.3 Å². The van der Waals surface area contributed by atoms with E-state index >= 15 is 0 Å². The number of ether oxygens (including phenoxy) is 3. The highest BCUT2D eigenvalue weighted by molar-refractivity contribution is 5.46. The summed E-state index contributed by atoms with van der Waals surface area (Å²) in [5.41, 5.74) is 0.700. The van der Waals surface area contributed by atoms with Crippen molar-refractivity contribution in [3.8, 4) is 11.5 Å². The molecule has 0 aliphatic rings. The van der Waals surface area contributed by atoms with E-state index in [0.29, 0.717) is 23.5 Å². The molecule has 0 aliphatic heterocycles. The molecule has 0 aliphatic carbocycles. The van der Waals surface area contributed by atoms with Gasteiger partial charge >= 0.3 is 0 Å². The molecule has 0 heterocycles. The van der Waals surface area contributed by atoms with Gasteiger partial charge in [0.15, 0.2) is 0 Å². The van der Waals surface area contributed by atoms with Crippen LogP contribution >= 0.6 is 0 Å². The van der Waals surface area contributed by atoms with Gasteiger partial charge in [0.1, 0.15) is 11.5 Å². The van der Waals surface area contributed by atoms with Crippen LogP contribution in [0.5, 0.6) is 11.5 Å². The van der Waals surface area contributed by atoms with Gasteiger partial charge in [-0.15, -0.1) is 0 Å². The molecule has 1 aromatic rings. The molecule has 0 spiro atoms. The van der Waals surface area contributed by atoms with E-state index in [2.05, 4.69) is 0 Å². The molecular formula is C14H22O4. The highest BCUT2D eigenvalue weighted by Crippen LogP contribution is 2.36. The smallest absolute Gasteiger partial charge is 0.128 e. The summed E-state index contributed by atoms with van der Waals surface area (Å²) in [7, 11) is 4.84. The second kappa shape index (κ2) is 7.24. The summed E-state index contributed by atoms with van der Waals surface area (Å²) in [5.74, 6) is 1.29. The monoisotopic (exact) mass is 254 g/mol. The molecule has 2 atom stereocenters. The lowest BCUT2D eigenvalue weighted by molar-refractivity contribution is 0.0835. The normalized spacial score (nSPS) is 14.1. The Hall–Kier alpha value is -1.26. The van der Waals surface area contributed by atoms with Crippen molar-refractivity contribution in [3.05, 3.63) is 23.8 Å². The topological polar surface area (TPSA) is 47.9 Å². The van der Waals surface area contributed by atoms with Gasteiger partial charge in [-0.25, -0.2) is 0 Å². The van der Waals surface area contributed by atoms with Gasteiger partial charge < -0.3 is 19.3 Å². The third-order valence-electron chi connectivity index (χ3n) is 3.05. The van der Waals surface area contributed by atoms with Crippen LogP contribution in [0.2, 0.25) is 0 Å². The van der Waals surface area contributed by atoms with E-state index in [-0.39, 0.29) is 6.10 Å². The second-order valence-corrected chi connectivity index (χ2v) is 4.22. The van der Waals surface area contributed by atoms with Crippen LogP contribution in [0.3, 0.4) is 0 Å². The van der Waals surface area contributed by atoms with E-state index in [0.717, 1.165) is 6.42 Å². The quantitative estimate of drug-likeness (QED) is 0.812. The van der Waals surface area contributed by atoms with Gasteiger partial charge in [-0.05, 0) is 31.9 Å². The largest absolute Gasteiger partial charge is 0.496 e. The highest BCUT2D eigenvalue weighted by Gasteiger charge is 2.19. The summed E-state index contributed by atoms with van der Waals surface area (Å²) in [4.78, 5) is 0. The van der Waals surface area contributed by atoms with Crippen LogP contribution in [0.15, 0.2) is 18.2 Å². The summed E-state index contributed by atoms with van der Waals surface area (Å²) < 4.78 is 15.7. The zero-order valence-electron chi connectivity index (χ0n) is 11.5. The Morgan fingerprint density at radius 1 is 1.06 bits per heavy atom. The maximum absolute atomic E-state index is 10.3. The van der Waals surface area contributed by atoms with Gasteiger partial charge in [0.05, 0.1) is 32.0 Å². The van der Waals surface area contributed by atoms with Crippen LogP contribution in [0, 0.1) is 0 Å². The molecule has 18 heavy (non-hydrogen) atoms. The number of aliphatic hydroxyl groups is 1. The SMILES string of the molecule is COc1cccc(OC)c1C(O)CCC(C)OC. The molecule has 0 fully saturated rings. The van der Waals surface area contributed by atoms with Crippen molar-refractivity contribution in [3.63, 3.8) is 0 Å². The van der Waals surface area contributed by atoms with Crippen LogP contribution < -0.4 is 9.47 Å². The minimum Gasteiger partial charge on any atom is -0.496 e. The Labute approximate surface area is 108 Å². The molecule has 1 aromatic carbocycles. The van der Waals surface area contributed by atoms with Crippen molar-refractivity contribution in [2.45, 2.75) is 32.0 Å². The minimum atomic E-state index is -0.617. The second-order valence-electron chi connectivity index (χ2n) is 4.22. The molecule has 0 amide bonds. The van der Waals surface area contributed by atoms with Crippen LogP contribution in [0.25, 0.3) is 0 Å². The standard InChI is InChI=1S/C14H22O4/c1-10(16-2)8-9-11(15)14-12(17-3)6-5-7-13(14)18-4/h5-7,10-11,15H,8-9H2,1-4H3. The highest BCUT2D eigenvalue weighted by atomic mass is 16.5. The molecule has 0 saturated heterocycles. The Morgan fingerprint density at radius 3 is 2.06 bits per heavy atom. The summed E-state index contributed by atoms with van der Waals surface area (Å²) in [6.45, 7) is 1.98. The van der Waals surface area contributed by atoms with Crippen molar-refractivity contribution in [1.29, 1.82) is 0 Å². The van der Waals surface area contributed by atoms with E-state index in [1.165, 1.54) is 0 Å². The van der Waals surface area contributed by atoms with Gasteiger partial charge in [0.2, 0.25) is 0 Å². The molecule has 0 bridgehead atoms. The number of methoxy groups -OCH3 is 3. The summed E-state index contributed by atoms with van der Waals surface area (Å²) in [6, 6.07) is 5.48. The first-order chi connectivity index (χ1) is 8.63. The average Bonchev–Trinajstić information content (AvgIpc) is 2.43. The lowest BCUT2D eigenvalue weighted by Crippen LogP contribution is -2.09. The number of hydrogen-bond acceptors (Lipinski definition) is 4. The van der Waals surface area contributed by atoms with Crippen molar-refractivity contribution < 1.29 is 19.3 Å². The predicted molar refractivity (Wildman–Crippen MR) is 70.2 cm³/mol. The molecule has 0 saturated carbocycles. The first-order valence-electron chi connectivity index (χ1n) is 6.05. The fourth-order valence-electron chi connectivity index (χ4n) is 1.86. The molecule has 102 valence electrons. The van der Waals surface area contributed by atoms with Crippen LogP contribution in [-0.4, -0.2) is 32.5 Å². The van der Waals surface area contributed by atoms with E-state index in [1.807, 2.05) is 25.1 Å². The van der Waals surface area contributed by atoms with Gasteiger partial charge in [0, 0.05) is 7.11 Å². The number of aliphatic hydroxyl groups excluding tert-OH is 1. The van der Waals surface area contributed by atoms with Gasteiger partial charge in [-0.1, -0.05) is 6.07 Å². The number of benzene rings is 1. The van der Waals surface area contributed by atoms with Crippen molar-refractivity contribution >= 4 is 0 Å². The zero-order valence-corrected chi connectivity index (χ0v) is 11.5. The molecule has 4 nitrogen and oxygen atoms in total. The molecule has 1 N–H and O–H groups in total. The van der Waals surface area contributed by atoms with E-state index in [9.17, 15) is 5.11 Å². The number of hydrogen-bond donors (Lipinski definition) is 1. The molecule has 4 heteroatoms. The Kier molecular flexibility index (Phi) is 5.95.